The maximum absolute atomic E-state index is 10.9. The van der Waals surface area contributed by atoms with Crippen LogP contribution in [0.4, 0.5) is 0 Å². The van der Waals surface area contributed by atoms with E-state index in [1.54, 1.807) is 14.2 Å². The van der Waals surface area contributed by atoms with Gasteiger partial charge in [-0.3, -0.25) is 0 Å². The molecule has 0 saturated carbocycles. The van der Waals surface area contributed by atoms with Gasteiger partial charge in [-0.05, 0) is 37.6 Å². The molecule has 2 N–H and O–H groups in total. The van der Waals surface area contributed by atoms with Crippen molar-refractivity contribution in [3.63, 3.8) is 0 Å². The average Bonchev–Trinajstić information content (AvgIpc) is 2.44. The normalized spacial score (nSPS) is 13.0. The van der Waals surface area contributed by atoms with Gasteiger partial charge in [0.2, 0.25) is 10.0 Å². The Kier molecular flexibility index (Phi) is 6.94. The highest BCUT2D eigenvalue weighted by Gasteiger charge is 2.09. The molecule has 1 aromatic carbocycles. The molecule has 0 amide bonds. The third-order valence-electron chi connectivity index (χ3n) is 3.08. The summed E-state index contributed by atoms with van der Waals surface area (Å²) in [6, 6.07) is 5.93. The fourth-order valence-corrected chi connectivity index (χ4v) is 2.42. The van der Waals surface area contributed by atoms with E-state index in [9.17, 15) is 8.42 Å². The molecule has 7 heteroatoms. The van der Waals surface area contributed by atoms with E-state index in [2.05, 4.69) is 10.0 Å². The van der Waals surface area contributed by atoms with Gasteiger partial charge in [0, 0.05) is 12.6 Å². The SMILES string of the molecule is COc1ccc(C(C)NCCCNS(C)(=O)=O)cc1OC. The van der Waals surface area contributed by atoms with Crippen molar-refractivity contribution in [1.82, 2.24) is 10.0 Å². The second-order valence-electron chi connectivity index (χ2n) is 4.81. The first-order valence-corrected chi connectivity index (χ1v) is 8.66. The fourth-order valence-electron chi connectivity index (χ4n) is 1.90. The molecule has 21 heavy (non-hydrogen) atoms. The second kappa shape index (κ2) is 8.21. The number of rotatable bonds is 9. The van der Waals surface area contributed by atoms with E-state index in [0.717, 1.165) is 24.8 Å². The summed E-state index contributed by atoms with van der Waals surface area (Å²) in [5.41, 5.74) is 1.09. The molecule has 0 aliphatic carbocycles. The Labute approximate surface area is 126 Å². The maximum atomic E-state index is 10.9. The quantitative estimate of drug-likeness (QED) is 0.672. The van der Waals surface area contributed by atoms with Crippen LogP contribution >= 0.6 is 0 Å². The van der Waals surface area contributed by atoms with Crippen molar-refractivity contribution in [3.05, 3.63) is 23.8 Å². The first kappa shape index (κ1) is 17.7. The fraction of sp³-hybridized carbons (Fsp3) is 0.571. The largest absolute Gasteiger partial charge is 0.493 e. The Morgan fingerprint density at radius 3 is 2.38 bits per heavy atom. The number of sulfonamides is 1. The number of methoxy groups -OCH3 is 2. The first-order chi connectivity index (χ1) is 9.87. The van der Waals surface area contributed by atoms with Crippen LogP contribution in [-0.4, -0.2) is 42.0 Å². The zero-order chi connectivity index (χ0) is 15.9. The summed E-state index contributed by atoms with van der Waals surface area (Å²) in [4.78, 5) is 0. The molecule has 0 saturated heterocycles. The van der Waals surface area contributed by atoms with Gasteiger partial charge in [0.25, 0.3) is 0 Å². The van der Waals surface area contributed by atoms with Crippen LogP contribution in [0.2, 0.25) is 0 Å². The highest BCUT2D eigenvalue weighted by molar-refractivity contribution is 7.88. The van der Waals surface area contributed by atoms with Crippen LogP contribution in [0.15, 0.2) is 18.2 Å². The van der Waals surface area contributed by atoms with Crippen LogP contribution in [0, 0.1) is 0 Å². The van der Waals surface area contributed by atoms with Crippen LogP contribution in [0.1, 0.15) is 24.9 Å². The molecule has 0 heterocycles. The van der Waals surface area contributed by atoms with Crippen molar-refractivity contribution in [2.75, 3.05) is 33.6 Å². The van der Waals surface area contributed by atoms with Crippen molar-refractivity contribution in [3.8, 4) is 11.5 Å². The predicted molar refractivity (Wildman–Crippen MR) is 83.4 cm³/mol. The molecular formula is C14H24N2O4S. The zero-order valence-corrected chi connectivity index (χ0v) is 13.8. The van der Waals surface area contributed by atoms with E-state index in [1.807, 2.05) is 25.1 Å². The maximum Gasteiger partial charge on any atom is 0.208 e. The van der Waals surface area contributed by atoms with Gasteiger partial charge in [-0.15, -0.1) is 0 Å². The molecule has 1 rings (SSSR count). The first-order valence-electron chi connectivity index (χ1n) is 6.77. The number of hydrogen-bond donors (Lipinski definition) is 2. The molecule has 6 nitrogen and oxygen atoms in total. The molecule has 0 radical (unpaired) electrons. The molecule has 1 aromatic rings. The summed E-state index contributed by atoms with van der Waals surface area (Å²) in [7, 11) is 0.111. The van der Waals surface area contributed by atoms with E-state index in [4.69, 9.17) is 9.47 Å². The molecule has 1 atom stereocenters. The highest BCUT2D eigenvalue weighted by Crippen LogP contribution is 2.29. The highest BCUT2D eigenvalue weighted by atomic mass is 32.2. The lowest BCUT2D eigenvalue weighted by molar-refractivity contribution is 0.354. The Hall–Kier alpha value is -1.31. The minimum Gasteiger partial charge on any atom is -0.493 e. The van der Waals surface area contributed by atoms with Crippen LogP contribution < -0.4 is 19.5 Å². The topological polar surface area (TPSA) is 76.7 Å². The standard InChI is InChI=1S/C14H24N2O4S/c1-11(15-8-5-9-16-21(4,17)18)12-6-7-13(19-2)14(10-12)20-3/h6-7,10-11,15-16H,5,8-9H2,1-4H3. The van der Waals surface area contributed by atoms with Gasteiger partial charge < -0.3 is 14.8 Å². The van der Waals surface area contributed by atoms with Gasteiger partial charge in [-0.2, -0.15) is 0 Å². The summed E-state index contributed by atoms with van der Waals surface area (Å²) in [6.45, 7) is 3.20. The van der Waals surface area contributed by atoms with Gasteiger partial charge in [-0.25, -0.2) is 13.1 Å². The third kappa shape index (κ3) is 6.33. The Morgan fingerprint density at radius 1 is 1.14 bits per heavy atom. The zero-order valence-electron chi connectivity index (χ0n) is 13.0. The van der Waals surface area contributed by atoms with Crippen LogP contribution in [0.25, 0.3) is 0 Å². The lowest BCUT2D eigenvalue weighted by Crippen LogP contribution is -2.27. The van der Waals surface area contributed by atoms with E-state index in [-0.39, 0.29) is 6.04 Å². The van der Waals surface area contributed by atoms with Gasteiger partial charge in [0.1, 0.15) is 0 Å². The number of benzene rings is 1. The van der Waals surface area contributed by atoms with Crippen LogP contribution in [-0.2, 0) is 10.0 Å². The van der Waals surface area contributed by atoms with Crippen molar-refractivity contribution < 1.29 is 17.9 Å². The smallest absolute Gasteiger partial charge is 0.208 e. The Bertz CT molecular complexity index is 546. The summed E-state index contributed by atoms with van der Waals surface area (Å²) in [5.74, 6) is 1.40. The average molecular weight is 316 g/mol. The van der Waals surface area contributed by atoms with Crippen LogP contribution in [0.5, 0.6) is 11.5 Å². The Morgan fingerprint density at radius 2 is 1.81 bits per heavy atom. The van der Waals surface area contributed by atoms with E-state index in [1.165, 1.54) is 0 Å². The third-order valence-corrected chi connectivity index (χ3v) is 3.80. The van der Waals surface area contributed by atoms with Gasteiger partial charge >= 0.3 is 0 Å². The van der Waals surface area contributed by atoms with Gasteiger partial charge in [0.15, 0.2) is 11.5 Å². The molecule has 120 valence electrons. The van der Waals surface area contributed by atoms with Crippen molar-refractivity contribution >= 4 is 10.0 Å². The van der Waals surface area contributed by atoms with E-state index < -0.39 is 10.0 Å². The monoisotopic (exact) mass is 316 g/mol. The molecule has 1 unspecified atom stereocenters. The molecule has 0 aliphatic heterocycles. The molecule has 0 fully saturated rings. The summed E-state index contributed by atoms with van der Waals surface area (Å²) in [6.07, 6.45) is 1.89. The van der Waals surface area contributed by atoms with Crippen molar-refractivity contribution in [2.45, 2.75) is 19.4 Å². The Balaban J connectivity index is 2.47. The number of ether oxygens (including phenoxy) is 2. The second-order valence-corrected chi connectivity index (χ2v) is 6.64. The minimum atomic E-state index is -3.10. The van der Waals surface area contributed by atoms with Crippen LogP contribution in [0.3, 0.4) is 0 Å². The molecule has 0 bridgehead atoms. The van der Waals surface area contributed by atoms with Gasteiger partial charge in [-0.1, -0.05) is 6.07 Å². The van der Waals surface area contributed by atoms with E-state index in [0.29, 0.717) is 18.0 Å². The molecule has 0 aliphatic rings. The van der Waals surface area contributed by atoms with Gasteiger partial charge in [0.05, 0.1) is 20.5 Å². The molecule has 0 spiro atoms. The lowest BCUT2D eigenvalue weighted by Gasteiger charge is -2.16. The van der Waals surface area contributed by atoms with E-state index >= 15 is 0 Å². The number of hydrogen-bond acceptors (Lipinski definition) is 5. The minimum absolute atomic E-state index is 0.142. The molecular weight excluding hydrogens is 292 g/mol. The lowest BCUT2D eigenvalue weighted by atomic mass is 10.1. The summed E-state index contributed by atoms with van der Waals surface area (Å²) in [5, 5.41) is 3.34. The summed E-state index contributed by atoms with van der Waals surface area (Å²) >= 11 is 0. The van der Waals surface area contributed by atoms with Crippen molar-refractivity contribution in [2.24, 2.45) is 0 Å². The number of nitrogens with one attached hydrogen (secondary N) is 2. The predicted octanol–water partition coefficient (Wildman–Crippen LogP) is 1.29. The summed E-state index contributed by atoms with van der Waals surface area (Å²) < 4.78 is 34.8. The van der Waals surface area contributed by atoms with Crippen molar-refractivity contribution in [1.29, 1.82) is 0 Å². The molecule has 0 aromatic heterocycles.